The molecule has 0 aromatic carbocycles. The average Bonchev–Trinajstić information content (AvgIpc) is 2.11. The molecule has 0 unspecified atom stereocenters. The predicted octanol–water partition coefficient (Wildman–Crippen LogP) is 0.514. The molecule has 1 rings (SSSR count). The van der Waals surface area contributed by atoms with Gasteiger partial charge in [0.2, 0.25) is 0 Å². The fourth-order valence-corrected chi connectivity index (χ4v) is 1.93. The van der Waals surface area contributed by atoms with E-state index in [-0.39, 0.29) is 19.5 Å². The molecule has 1 aliphatic heterocycles. The third-order valence-corrected chi connectivity index (χ3v) is 2.94. The zero-order valence-electron chi connectivity index (χ0n) is 5.13. The number of nitrogens with zero attached hydrogens (tertiary/aromatic N) is 1. The Balaban J connectivity index is 2.62. The van der Waals surface area contributed by atoms with Crippen molar-refractivity contribution in [1.29, 1.82) is 0 Å². The fraction of sp³-hybridized carbons (Fsp3) is 1.00. The minimum atomic E-state index is -3.67. The minimum Gasteiger partial charge on any atom is -0.246 e. The number of hydrogen-bond acceptors (Lipinski definition) is 2. The van der Waals surface area contributed by atoms with Crippen LogP contribution >= 0.6 is 10.7 Å². The van der Waals surface area contributed by atoms with Gasteiger partial charge in [-0.3, -0.25) is 0 Å². The Kier molecular flexibility index (Phi) is 2.17. The van der Waals surface area contributed by atoms with Crippen LogP contribution in [0.15, 0.2) is 0 Å². The SMILES string of the molecule is O=S(=O)(Cl)N1CC[C@H](F)C1. The van der Waals surface area contributed by atoms with Gasteiger partial charge in [0.1, 0.15) is 6.17 Å². The molecule has 1 fully saturated rings. The third-order valence-electron chi connectivity index (χ3n) is 1.40. The van der Waals surface area contributed by atoms with Crippen LogP contribution in [0.5, 0.6) is 0 Å². The number of rotatable bonds is 1. The molecule has 1 atom stereocenters. The van der Waals surface area contributed by atoms with Crippen LogP contribution < -0.4 is 0 Å². The lowest BCUT2D eigenvalue weighted by Gasteiger charge is -2.07. The van der Waals surface area contributed by atoms with Crippen LogP contribution in [-0.2, 0) is 9.24 Å². The highest BCUT2D eigenvalue weighted by atomic mass is 35.7. The largest absolute Gasteiger partial charge is 0.299 e. The summed E-state index contributed by atoms with van der Waals surface area (Å²) in [6.07, 6.45) is -0.792. The molecule has 0 aromatic heterocycles. The van der Waals surface area contributed by atoms with E-state index in [1.165, 1.54) is 0 Å². The predicted molar refractivity (Wildman–Crippen MR) is 35.9 cm³/mol. The molecule has 3 nitrogen and oxygen atoms in total. The summed E-state index contributed by atoms with van der Waals surface area (Å²) in [4.78, 5) is 0. The van der Waals surface area contributed by atoms with E-state index < -0.39 is 15.4 Å². The van der Waals surface area contributed by atoms with Crippen molar-refractivity contribution in [3.05, 3.63) is 0 Å². The summed E-state index contributed by atoms with van der Waals surface area (Å²) in [6.45, 7) is 0.110. The van der Waals surface area contributed by atoms with Crippen molar-refractivity contribution >= 4 is 19.9 Å². The molecule has 6 heteroatoms. The smallest absolute Gasteiger partial charge is 0.246 e. The first-order valence-electron chi connectivity index (χ1n) is 2.84. The van der Waals surface area contributed by atoms with E-state index in [9.17, 15) is 12.8 Å². The molecular weight excluding hydrogens is 181 g/mol. The van der Waals surface area contributed by atoms with Crippen LogP contribution in [-0.4, -0.2) is 32.0 Å². The fourth-order valence-electron chi connectivity index (χ4n) is 0.886. The standard InChI is InChI=1S/C4H7ClFNO2S/c5-10(8,9)7-2-1-4(6)3-7/h4H,1-3H2/t4-/m0/s1. The highest BCUT2D eigenvalue weighted by molar-refractivity contribution is 8.11. The third kappa shape index (κ3) is 1.81. The van der Waals surface area contributed by atoms with Crippen molar-refractivity contribution in [2.45, 2.75) is 12.6 Å². The van der Waals surface area contributed by atoms with Crippen LogP contribution in [0.25, 0.3) is 0 Å². The summed E-state index contributed by atoms with van der Waals surface area (Å²) in [5.74, 6) is 0. The lowest BCUT2D eigenvalue weighted by molar-refractivity contribution is 0.344. The van der Waals surface area contributed by atoms with Crippen LogP contribution in [0.3, 0.4) is 0 Å². The molecule has 1 heterocycles. The van der Waals surface area contributed by atoms with Gasteiger partial charge in [0.05, 0.1) is 0 Å². The number of hydrogen-bond donors (Lipinski definition) is 0. The zero-order valence-corrected chi connectivity index (χ0v) is 6.70. The molecule has 1 saturated heterocycles. The van der Waals surface area contributed by atoms with Crippen LogP contribution in [0.4, 0.5) is 4.39 Å². The van der Waals surface area contributed by atoms with Crippen molar-refractivity contribution in [2.24, 2.45) is 0 Å². The molecule has 10 heavy (non-hydrogen) atoms. The van der Waals surface area contributed by atoms with Gasteiger partial charge in [-0.25, -0.2) is 4.39 Å². The molecule has 0 N–H and O–H groups in total. The van der Waals surface area contributed by atoms with E-state index in [0.29, 0.717) is 0 Å². The Labute approximate surface area is 63.3 Å². The summed E-state index contributed by atoms with van der Waals surface area (Å²) < 4.78 is 34.3. The molecule has 0 aromatic rings. The van der Waals surface area contributed by atoms with Gasteiger partial charge in [0.15, 0.2) is 0 Å². The van der Waals surface area contributed by atoms with Gasteiger partial charge < -0.3 is 0 Å². The van der Waals surface area contributed by atoms with Crippen molar-refractivity contribution in [2.75, 3.05) is 13.1 Å². The van der Waals surface area contributed by atoms with Crippen LogP contribution in [0.1, 0.15) is 6.42 Å². The maximum absolute atomic E-state index is 12.3. The molecule has 0 amide bonds. The number of alkyl halides is 1. The van der Waals surface area contributed by atoms with Gasteiger partial charge in [-0.2, -0.15) is 12.7 Å². The van der Waals surface area contributed by atoms with Gasteiger partial charge in [-0.15, -0.1) is 0 Å². The zero-order chi connectivity index (χ0) is 7.78. The summed E-state index contributed by atoms with van der Waals surface area (Å²) >= 11 is 0. The van der Waals surface area contributed by atoms with Crippen molar-refractivity contribution in [3.8, 4) is 0 Å². The molecule has 0 spiro atoms. The molecule has 1 aliphatic rings. The van der Waals surface area contributed by atoms with E-state index >= 15 is 0 Å². The highest BCUT2D eigenvalue weighted by Crippen LogP contribution is 2.17. The first-order chi connectivity index (χ1) is 4.50. The summed E-state index contributed by atoms with van der Waals surface area (Å²) in [5.41, 5.74) is 0. The normalized spacial score (nSPS) is 29.2. The maximum Gasteiger partial charge on any atom is 0.299 e. The van der Waals surface area contributed by atoms with Gasteiger partial charge in [-0.1, -0.05) is 0 Å². The maximum atomic E-state index is 12.3. The van der Waals surface area contributed by atoms with E-state index in [2.05, 4.69) is 0 Å². The van der Waals surface area contributed by atoms with Gasteiger partial charge in [-0.05, 0) is 6.42 Å². The monoisotopic (exact) mass is 187 g/mol. The molecule has 0 radical (unpaired) electrons. The quantitative estimate of drug-likeness (QED) is 0.561. The summed E-state index contributed by atoms with van der Waals surface area (Å²) in [5, 5.41) is 0. The molecular formula is C4H7ClFNO2S. The average molecular weight is 188 g/mol. The van der Waals surface area contributed by atoms with E-state index in [1.54, 1.807) is 0 Å². The second kappa shape index (κ2) is 2.64. The molecule has 0 bridgehead atoms. The van der Waals surface area contributed by atoms with E-state index in [1.807, 2.05) is 0 Å². The Morgan fingerprint density at radius 3 is 2.40 bits per heavy atom. The second-order valence-electron chi connectivity index (χ2n) is 2.19. The van der Waals surface area contributed by atoms with E-state index in [4.69, 9.17) is 10.7 Å². The Bertz CT molecular complexity index is 217. The molecule has 60 valence electrons. The van der Waals surface area contributed by atoms with Crippen molar-refractivity contribution in [3.63, 3.8) is 0 Å². The second-order valence-corrected chi connectivity index (χ2v) is 4.70. The Morgan fingerprint density at radius 1 is 1.60 bits per heavy atom. The Hall–Kier alpha value is 0.130. The first-order valence-corrected chi connectivity index (χ1v) is 5.10. The number of halogens is 2. The highest BCUT2D eigenvalue weighted by Gasteiger charge is 2.29. The first kappa shape index (κ1) is 8.23. The lowest BCUT2D eigenvalue weighted by atomic mass is 10.4. The summed E-state index contributed by atoms with van der Waals surface area (Å²) in [7, 11) is 1.27. The lowest BCUT2D eigenvalue weighted by Crippen LogP contribution is -2.24. The van der Waals surface area contributed by atoms with Crippen LogP contribution in [0, 0.1) is 0 Å². The van der Waals surface area contributed by atoms with Gasteiger partial charge in [0.25, 0.3) is 9.24 Å². The molecule has 0 saturated carbocycles. The molecule has 0 aliphatic carbocycles. The van der Waals surface area contributed by atoms with Gasteiger partial charge in [0, 0.05) is 23.8 Å². The minimum absolute atomic E-state index is 0.0914. The summed E-state index contributed by atoms with van der Waals surface area (Å²) in [6, 6.07) is 0. The van der Waals surface area contributed by atoms with Crippen molar-refractivity contribution in [1.82, 2.24) is 4.31 Å². The topological polar surface area (TPSA) is 37.4 Å². The van der Waals surface area contributed by atoms with E-state index in [0.717, 1.165) is 4.31 Å². The van der Waals surface area contributed by atoms with Crippen molar-refractivity contribution < 1.29 is 12.8 Å². The van der Waals surface area contributed by atoms with Gasteiger partial charge >= 0.3 is 0 Å². The van der Waals surface area contributed by atoms with Crippen LogP contribution in [0.2, 0.25) is 0 Å². The Morgan fingerprint density at radius 2 is 2.20 bits per heavy atom.